The van der Waals surface area contributed by atoms with Crippen molar-refractivity contribution in [3.8, 4) is 0 Å². The van der Waals surface area contributed by atoms with Gasteiger partial charge in [-0.05, 0) is 43.5 Å². The monoisotopic (exact) mass is 324 g/mol. The molecule has 0 radical (unpaired) electrons. The Morgan fingerprint density at radius 2 is 2.05 bits per heavy atom. The van der Waals surface area contributed by atoms with E-state index in [9.17, 15) is 4.79 Å². The zero-order chi connectivity index (χ0) is 13.5. The number of halogens is 1. The summed E-state index contributed by atoms with van der Waals surface area (Å²) in [6.07, 6.45) is 6.67. The highest BCUT2D eigenvalue weighted by molar-refractivity contribution is 9.10. The normalized spacial score (nSPS) is 16.3. The van der Waals surface area contributed by atoms with Crippen molar-refractivity contribution in [1.29, 1.82) is 0 Å². The lowest BCUT2D eigenvalue weighted by Crippen LogP contribution is -2.32. The maximum atomic E-state index is 11.8. The van der Waals surface area contributed by atoms with E-state index in [-0.39, 0.29) is 5.91 Å². The highest BCUT2D eigenvalue weighted by Gasteiger charge is 2.13. The Labute approximate surface area is 123 Å². The van der Waals surface area contributed by atoms with Crippen molar-refractivity contribution in [2.24, 2.45) is 5.92 Å². The van der Waals surface area contributed by atoms with Crippen LogP contribution < -0.4 is 10.6 Å². The SMILES string of the molecule is O=C(CNCC1CCCCC1)Nc1cccc(Br)c1. The van der Waals surface area contributed by atoms with Crippen molar-refractivity contribution in [1.82, 2.24) is 5.32 Å². The number of hydrogen-bond acceptors (Lipinski definition) is 2. The Kier molecular flexibility index (Phi) is 5.86. The van der Waals surface area contributed by atoms with E-state index in [1.54, 1.807) is 0 Å². The van der Waals surface area contributed by atoms with E-state index in [1.165, 1.54) is 32.1 Å². The van der Waals surface area contributed by atoms with E-state index in [0.29, 0.717) is 6.54 Å². The van der Waals surface area contributed by atoms with Crippen molar-refractivity contribution < 1.29 is 4.79 Å². The Morgan fingerprint density at radius 1 is 1.26 bits per heavy atom. The van der Waals surface area contributed by atoms with Gasteiger partial charge in [-0.1, -0.05) is 41.3 Å². The Hall–Kier alpha value is -0.870. The van der Waals surface area contributed by atoms with Gasteiger partial charge in [0.25, 0.3) is 0 Å². The minimum absolute atomic E-state index is 0.0221. The molecule has 0 saturated heterocycles. The first-order valence-corrected chi connectivity index (χ1v) is 7.79. The molecule has 1 aliphatic carbocycles. The third kappa shape index (κ3) is 5.33. The molecule has 1 aromatic rings. The third-order valence-electron chi connectivity index (χ3n) is 3.55. The molecule has 0 aromatic heterocycles. The van der Waals surface area contributed by atoms with Gasteiger partial charge in [0.1, 0.15) is 0 Å². The fourth-order valence-corrected chi connectivity index (χ4v) is 2.95. The molecule has 3 nitrogen and oxygen atoms in total. The fraction of sp³-hybridized carbons (Fsp3) is 0.533. The number of carbonyl (C=O) groups is 1. The number of nitrogens with one attached hydrogen (secondary N) is 2. The molecule has 19 heavy (non-hydrogen) atoms. The van der Waals surface area contributed by atoms with Crippen LogP contribution in [0.2, 0.25) is 0 Å². The molecule has 1 aromatic carbocycles. The van der Waals surface area contributed by atoms with Crippen LogP contribution in [0.5, 0.6) is 0 Å². The first-order valence-electron chi connectivity index (χ1n) is 7.00. The smallest absolute Gasteiger partial charge is 0.238 e. The van der Waals surface area contributed by atoms with Gasteiger partial charge in [-0.25, -0.2) is 0 Å². The van der Waals surface area contributed by atoms with Gasteiger partial charge in [0, 0.05) is 10.2 Å². The predicted molar refractivity (Wildman–Crippen MR) is 82.2 cm³/mol. The van der Waals surface area contributed by atoms with Crippen LogP contribution in [-0.2, 0) is 4.79 Å². The minimum Gasteiger partial charge on any atom is -0.325 e. The molecule has 0 spiro atoms. The number of rotatable bonds is 5. The Morgan fingerprint density at radius 3 is 2.79 bits per heavy atom. The number of amides is 1. The molecule has 0 bridgehead atoms. The quantitative estimate of drug-likeness (QED) is 0.869. The maximum Gasteiger partial charge on any atom is 0.238 e. The molecule has 0 unspecified atom stereocenters. The summed E-state index contributed by atoms with van der Waals surface area (Å²) in [5.41, 5.74) is 0.832. The van der Waals surface area contributed by atoms with E-state index in [1.807, 2.05) is 24.3 Å². The van der Waals surface area contributed by atoms with E-state index in [2.05, 4.69) is 26.6 Å². The zero-order valence-corrected chi connectivity index (χ0v) is 12.7. The molecule has 2 rings (SSSR count). The van der Waals surface area contributed by atoms with Crippen LogP contribution in [0, 0.1) is 5.92 Å². The van der Waals surface area contributed by atoms with Crippen molar-refractivity contribution in [2.75, 3.05) is 18.4 Å². The summed E-state index contributed by atoms with van der Waals surface area (Å²) in [7, 11) is 0. The lowest BCUT2D eigenvalue weighted by molar-refractivity contribution is -0.115. The van der Waals surface area contributed by atoms with Gasteiger partial charge in [-0.3, -0.25) is 4.79 Å². The Balaban J connectivity index is 1.67. The summed E-state index contributed by atoms with van der Waals surface area (Å²) in [6, 6.07) is 7.65. The number of anilines is 1. The van der Waals surface area contributed by atoms with Gasteiger partial charge in [0.05, 0.1) is 6.54 Å². The van der Waals surface area contributed by atoms with Gasteiger partial charge in [-0.2, -0.15) is 0 Å². The lowest BCUT2D eigenvalue weighted by Gasteiger charge is -2.21. The predicted octanol–water partition coefficient (Wildman–Crippen LogP) is 3.56. The van der Waals surface area contributed by atoms with E-state index >= 15 is 0 Å². The van der Waals surface area contributed by atoms with Gasteiger partial charge in [-0.15, -0.1) is 0 Å². The second-order valence-electron chi connectivity index (χ2n) is 5.19. The maximum absolute atomic E-state index is 11.8. The summed E-state index contributed by atoms with van der Waals surface area (Å²) in [4.78, 5) is 11.8. The zero-order valence-electron chi connectivity index (χ0n) is 11.1. The number of benzene rings is 1. The van der Waals surface area contributed by atoms with Crippen LogP contribution in [0.1, 0.15) is 32.1 Å². The van der Waals surface area contributed by atoms with Crippen molar-refractivity contribution >= 4 is 27.5 Å². The second kappa shape index (κ2) is 7.65. The lowest BCUT2D eigenvalue weighted by atomic mass is 9.89. The molecule has 2 N–H and O–H groups in total. The molecular weight excluding hydrogens is 304 g/mol. The van der Waals surface area contributed by atoms with Crippen LogP contribution in [0.15, 0.2) is 28.7 Å². The van der Waals surface area contributed by atoms with E-state index < -0.39 is 0 Å². The summed E-state index contributed by atoms with van der Waals surface area (Å²) < 4.78 is 0.973. The highest BCUT2D eigenvalue weighted by Crippen LogP contribution is 2.22. The van der Waals surface area contributed by atoms with Crippen molar-refractivity contribution in [3.63, 3.8) is 0 Å². The molecule has 1 fully saturated rings. The van der Waals surface area contributed by atoms with Gasteiger partial charge in [0.15, 0.2) is 0 Å². The van der Waals surface area contributed by atoms with Crippen LogP contribution in [0.3, 0.4) is 0 Å². The average Bonchev–Trinajstić information content (AvgIpc) is 2.40. The first kappa shape index (κ1) is 14.5. The molecule has 0 atom stereocenters. The standard InChI is InChI=1S/C15H21BrN2O/c16-13-7-4-8-14(9-13)18-15(19)11-17-10-12-5-2-1-3-6-12/h4,7-9,12,17H,1-3,5-6,10-11H2,(H,18,19). The molecular formula is C15H21BrN2O. The Bertz CT molecular complexity index is 416. The molecule has 0 heterocycles. The molecule has 0 aliphatic heterocycles. The minimum atomic E-state index is 0.0221. The third-order valence-corrected chi connectivity index (χ3v) is 4.04. The molecule has 1 saturated carbocycles. The molecule has 1 aliphatic rings. The summed E-state index contributed by atoms with van der Waals surface area (Å²) in [5, 5.41) is 6.16. The van der Waals surface area contributed by atoms with E-state index in [4.69, 9.17) is 0 Å². The van der Waals surface area contributed by atoms with Crippen LogP contribution in [0.4, 0.5) is 5.69 Å². The molecule has 1 amide bonds. The van der Waals surface area contributed by atoms with Crippen molar-refractivity contribution in [2.45, 2.75) is 32.1 Å². The summed E-state index contributed by atoms with van der Waals surface area (Å²) >= 11 is 3.39. The van der Waals surface area contributed by atoms with Gasteiger partial charge >= 0.3 is 0 Å². The van der Waals surface area contributed by atoms with Crippen molar-refractivity contribution in [3.05, 3.63) is 28.7 Å². The van der Waals surface area contributed by atoms with Crippen LogP contribution >= 0.6 is 15.9 Å². The second-order valence-corrected chi connectivity index (χ2v) is 6.11. The summed E-state index contributed by atoms with van der Waals surface area (Å²) in [6.45, 7) is 1.36. The number of carbonyl (C=O) groups excluding carboxylic acids is 1. The molecule has 104 valence electrons. The number of hydrogen-bond donors (Lipinski definition) is 2. The molecule has 4 heteroatoms. The van der Waals surface area contributed by atoms with Crippen LogP contribution in [-0.4, -0.2) is 19.0 Å². The van der Waals surface area contributed by atoms with Gasteiger partial charge < -0.3 is 10.6 Å². The fourth-order valence-electron chi connectivity index (χ4n) is 2.55. The first-order chi connectivity index (χ1) is 9.24. The van der Waals surface area contributed by atoms with Gasteiger partial charge in [0.2, 0.25) is 5.91 Å². The van der Waals surface area contributed by atoms with E-state index in [0.717, 1.165) is 22.6 Å². The van der Waals surface area contributed by atoms with Crippen LogP contribution in [0.25, 0.3) is 0 Å². The summed E-state index contributed by atoms with van der Waals surface area (Å²) in [5.74, 6) is 0.779. The highest BCUT2D eigenvalue weighted by atomic mass is 79.9. The topological polar surface area (TPSA) is 41.1 Å². The average molecular weight is 325 g/mol. The largest absolute Gasteiger partial charge is 0.325 e.